The second-order valence-corrected chi connectivity index (χ2v) is 5.51. The summed E-state index contributed by atoms with van der Waals surface area (Å²) in [6.45, 7) is 7.15. The number of likely N-dealkylation sites (N-methyl/N-ethyl adjacent to an activating group) is 1. The Bertz CT molecular complexity index is 206. The van der Waals surface area contributed by atoms with E-state index in [9.17, 15) is 5.11 Å². The number of hydrogen-bond donors (Lipinski definition) is 1. The first kappa shape index (κ1) is 12.9. The Morgan fingerprint density at radius 2 is 2.13 bits per heavy atom. The lowest BCUT2D eigenvalue weighted by Crippen LogP contribution is -2.47. The summed E-state index contributed by atoms with van der Waals surface area (Å²) in [6, 6.07) is 0.647. The third-order valence-corrected chi connectivity index (χ3v) is 3.88. The fraction of sp³-hybridized carbons (Fsp3) is 1.00. The van der Waals surface area contributed by atoms with Gasteiger partial charge in [-0.15, -0.1) is 0 Å². The monoisotopic (exact) mass is 215 g/mol. The number of nitrogens with zero attached hydrogens (tertiary/aromatic N) is 1. The van der Waals surface area contributed by atoms with Crippen molar-refractivity contribution in [2.75, 3.05) is 20.8 Å². The van der Waals surface area contributed by atoms with Crippen molar-refractivity contribution >= 4 is 0 Å². The summed E-state index contributed by atoms with van der Waals surface area (Å²) >= 11 is 0. The van der Waals surface area contributed by atoms with E-state index in [2.05, 4.69) is 32.7 Å². The molecular weight excluding hydrogens is 190 g/mol. The number of methoxy groups -OCH3 is 1. The van der Waals surface area contributed by atoms with Crippen LogP contribution in [0.15, 0.2) is 0 Å². The van der Waals surface area contributed by atoms with Crippen molar-refractivity contribution in [2.45, 2.75) is 51.8 Å². The van der Waals surface area contributed by atoms with Gasteiger partial charge in [-0.25, -0.2) is 0 Å². The molecule has 1 rings (SSSR count). The highest BCUT2D eigenvalue weighted by molar-refractivity contribution is 4.96. The minimum atomic E-state index is -0.221. The van der Waals surface area contributed by atoms with Gasteiger partial charge >= 0.3 is 0 Å². The topological polar surface area (TPSA) is 32.7 Å². The summed E-state index contributed by atoms with van der Waals surface area (Å²) in [5.74, 6) is 0. The van der Waals surface area contributed by atoms with Gasteiger partial charge in [0.1, 0.15) is 0 Å². The van der Waals surface area contributed by atoms with Crippen LogP contribution in [-0.2, 0) is 4.74 Å². The molecule has 15 heavy (non-hydrogen) atoms. The van der Waals surface area contributed by atoms with Crippen LogP contribution in [-0.4, -0.2) is 49.0 Å². The quantitative estimate of drug-likeness (QED) is 0.771. The van der Waals surface area contributed by atoms with Gasteiger partial charge in [0.15, 0.2) is 0 Å². The first-order chi connectivity index (χ1) is 6.90. The normalized spacial score (nSPS) is 32.2. The van der Waals surface area contributed by atoms with Crippen molar-refractivity contribution in [3.63, 3.8) is 0 Å². The van der Waals surface area contributed by atoms with E-state index in [0.717, 1.165) is 19.4 Å². The Kier molecular flexibility index (Phi) is 4.15. The van der Waals surface area contributed by atoms with E-state index >= 15 is 0 Å². The Morgan fingerprint density at radius 1 is 1.53 bits per heavy atom. The van der Waals surface area contributed by atoms with Gasteiger partial charge in [-0.3, -0.25) is 4.90 Å². The predicted molar refractivity (Wildman–Crippen MR) is 61.9 cm³/mol. The van der Waals surface area contributed by atoms with Gasteiger partial charge in [-0.1, -0.05) is 13.8 Å². The molecule has 1 aliphatic carbocycles. The van der Waals surface area contributed by atoms with E-state index < -0.39 is 0 Å². The molecule has 0 aromatic carbocycles. The van der Waals surface area contributed by atoms with Crippen LogP contribution >= 0.6 is 0 Å². The molecule has 1 fully saturated rings. The van der Waals surface area contributed by atoms with Gasteiger partial charge in [-0.05, 0) is 32.2 Å². The van der Waals surface area contributed by atoms with E-state index in [4.69, 9.17) is 4.74 Å². The van der Waals surface area contributed by atoms with Crippen LogP contribution in [0, 0.1) is 5.41 Å². The number of hydrogen-bond acceptors (Lipinski definition) is 3. The lowest BCUT2D eigenvalue weighted by atomic mass is 9.88. The van der Waals surface area contributed by atoms with Gasteiger partial charge < -0.3 is 9.84 Å². The molecule has 0 aromatic heterocycles. The molecule has 0 amide bonds. The zero-order valence-electron chi connectivity index (χ0n) is 10.7. The van der Waals surface area contributed by atoms with E-state index in [-0.39, 0.29) is 17.6 Å². The van der Waals surface area contributed by atoms with Crippen molar-refractivity contribution in [1.82, 2.24) is 4.90 Å². The molecular formula is C12H25NO2. The highest BCUT2D eigenvalue weighted by Crippen LogP contribution is 2.39. The Morgan fingerprint density at radius 3 is 2.53 bits per heavy atom. The summed E-state index contributed by atoms with van der Waals surface area (Å²) in [4.78, 5) is 2.25. The molecule has 1 saturated carbocycles. The molecule has 90 valence electrons. The van der Waals surface area contributed by atoms with E-state index in [1.54, 1.807) is 7.11 Å². The number of ether oxygens (including phenoxy) is 1. The molecule has 0 saturated heterocycles. The molecule has 0 heterocycles. The first-order valence-electron chi connectivity index (χ1n) is 5.79. The molecule has 3 nitrogen and oxygen atoms in total. The smallest absolute Gasteiger partial charge is 0.0746 e. The van der Waals surface area contributed by atoms with E-state index in [1.165, 1.54) is 0 Å². The summed E-state index contributed by atoms with van der Waals surface area (Å²) in [7, 11) is 3.80. The maximum absolute atomic E-state index is 10.2. The average Bonchev–Trinajstić information content (AvgIpc) is 2.42. The lowest BCUT2D eigenvalue weighted by Gasteiger charge is -2.35. The van der Waals surface area contributed by atoms with Crippen molar-refractivity contribution in [1.29, 1.82) is 0 Å². The van der Waals surface area contributed by atoms with Crippen LogP contribution < -0.4 is 0 Å². The second-order valence-electron chi connectivity index (χ2n) is 5.51. The fourth-order valence-electron chi connectivity index (χ4n) is 2.46. The molecule has 1 aliphatic rings. The zero-order chi connectivity index (χ0) is 11.6. The standard InChI is InChI=1S/C12H25NO2/c1-9(8-15-5)13(4)10-6-7-12(2,3)11(10)14/h9-11,14H,6-8H2,1-5H3. The van der Waals surface area contributed by atoms with Crippen LogP contribution in [0.5, 0.6) is 0 Å². The van der Waals surface area contributed by atoms with Crippen molar-refractivity contribution in [2.24, 2.45) is 5.41 Å². The summed E-state index contributed by atoms with van der Waals surface area (Å²) in [6.07, 6.45) is 1.96. The lowest BCUT2D eigenvalue weighted by molar-refractivity contribution is -0.00109. The van der Waals surface area contributed by atoms with Gasteiger partial charge in [0.2, 0.25) is 0 Å². The molecule has 3 atom stereocenters. The largest absolute Gasteiger partial charge is 0.391 e. The van der Waals surface area contributed by atoms with E-state index in [0.29, 0.717) is 6.04 Å². The number of rotatable bonds is 4. The van der Waals surface area contributed by atoms with Crippen molar-refractivity contribution < 1.29 is 9.84 Å². The minimum absolute atomic E-state index is 0.0612. The van der Waals surface area contributed by atoms with Crippen LogP contribution in [0.3, 0.4) is 0 Å². The SMILES string of the molecule is COCC(C)N(C)C1CCC(C)(C)C1O. The van der Waals surface area contributed by atoms with Gasteiger partial charge in [0.05, 0.1) is 12.7 Å². The molecule has 0 aromatic rings. The highest BCUT2D eigenvalue weighted by Gasteiger charge is 2.43. The molecule has 3 unspecified atom stereocenters. The molecule has 0 spiro atoms. The van der Waals surface area contributed by atoms with Crippen molar-refractivity contribution in [3.8, 4) is 0 Å². The highest BCUT2D eigenvalue weighted by atomic mass is 16.5. The number of aliphatic hydroxyl groups is 1. The van der Waals surface area contributed by atoms with Crippen molar-refractivity contribution in [3.05, 3.63) is 0 Å². The maximum atomic E-state index is 10.2. The third kappa shape index (κ3) is 2.71. The van der Waals surface area contributed by atoms with Crippen LogP contribution in [0.4, 0.5) is 0 Å². The number of aliphatic hydroxyl groups excluding tert-OH is 1. The van der Waals surface area contributed by atoms with Crippen LogP contribution in [0.2, 0.25) is 0 Å². The predicted octanol–water partition coefficient (Wildman–Crippen LogP) is 1.50. The molecule has 0 aliphatic heterocycles. The van der Waals surface area contributed by atoms with E-state index in [1.807, 2.05) is 0 Å². The van der Waals surface area contributed by atoms with Gasteiger partial charge in [0, 0.05) is 19.2 Å². The first-order valence-corrected chi connectivity index (χ1v) is 5.79. The Hall–Kier alpha value is -0.120. The molecule has 0 radical (unpaired) electrons. The third-order valence-electron chi connectivity index (χ3n) is 3.88. The van der Waals surface area contributed by atoms with Gasteiger partial charge in [-0.2, -0.15) is 0 Å². The van der Waals surface area contributed by atoms with Crippen LogP contribution in [0.25, 0.3) is 0 Å². The molecule has 3 heteroatoms. The Balaban J connectivity index is 2.58. The summed E-state index contributed by atoms with van der Waals surface area (Å²) < 4.78 is 5.15. The average molecular weight is 215 g/mol. The Labute approximate surface area is 93.4 Å². The maximum Gasteiger partial charge on any atom is 0.0746 e. The second kappa shape index (κ2) is 4.81. The van der Waals surface area contributed by atoms with Crippen LogP contribution in [0.1, 0.15) is 33.6 Å². The zero-order valence-corrected chi connectivity index (χ0v) is 10.7. The minimum Gasteiger partial charge on any atom is -0.391 e. The summed E-state index contributed by atoms with van der Waals surface area (Å²) in [5, 5.41) is 10.2. The fourth-order valence-corrected chi connectivity index (χ4v) is 2.46. The summed E-state index contributed by atoms with van der Waals surface area (Å²) in [5.41, 5.74) is 0.0612. The molecule has 1 N–H and O–H groups in total. The van der Waals surface area contributed by atoms with Gasteiger partial charge in [0.25, 0.3) is 0 Å². The molecule has 0 bridgehead atoms.